The molecule has 0 amide bonds. The summed E-state index contributed by atoms with van der Waals surface area (Å²) in [5, 5.41) is 8.82. The first-order valence-electron chi connectivity index (χ1n) is 12.2. The lowest BCUT2D eigenvalue weighted by Crippen LogP contribution is -2.38. The summed E-state index contributed by atoms with van der Waals surface area (Å²) in [5.74, 6) is -1.82. The molecule has 0 bridgehead atoms. The maximum absolute atomic E-state index is 13.6. The summed E-state index contributed by atoms with van der Waals surface area (Å²) in [6.07, 6.45) is 5.63. The third-order valence-electron chi connectivity index (χ3n) is 6.95. The number of Topliss-reactive ketones (excluding diaryl/α,β-unsaturated/α-hetero) is 1. The topological polar surface area (TPSA) is 114 Å². The van der Waals surface area contributed by atoms with Crippen molar-refractivity contribution in [2.24, 2.45) is 11.8 Å². The second-order valence-electron chi connectivity index (χ2n) is 9.62. The predicted octanol–water partition coefficient (Wildman–Crippen LogP) is 4.50. The Morgan fingerprint density at radius 1 is 1.14 bits per heavy atom. The highest BCUT2D eigenvalue weighted by molar-refractivity contribution is 7.90. The second kappa shape index (κ2) is 9.90. The molecule has 2 heterocycles. The van der Waals surface area contributed by atoms with Gasteiger partial charge < -0.3 is 4.74 Å². The molecule has 1 aromatic heterocycles. The van der Waals surface area contributed by atoms with Gasteiger partial charge in [0.1, 0.15) is 12.0 Å². The number of pyridine rings is 1. The van der Waals surface area contributed by atoms with Crippen molar-refractivity contribution < 1.29 is 22.7 Å². The number of benzene rings is 1. The zero-order chi connectivity index (χ0) is 25.2. The van der Waals surface area contributed by atoms with Crippen LogP contribution in [0.5, 0.6) is 0 Å². The Bertz CT molecular complexity index is 1250. The van der Waals surface area contributed by atoms with E-state index in [1.807, 2.05) is 26.0 Å². The number of aromatic nitrogens is 1. The normalized spacial score (nSPS) is 20.3. The number of hydrogen-bond donors (Lipinski definition) is 0. The Labute approximate surface area is 206 Å². The first kappa shape index (κ1) is 25.1. The highest BCUT2D eigenvalue weighted by Crippen LogP contribution is 2.51. The van der Waals surface area contributed by atoms with Crippen molar-refractivity contribution in [3.63, 3.8) is 0 Å². The quantitative estimate of drug-likeness (QED) is 0.353. The zero-order valence-corrected chi connectivity index (χ0v) is 20.9. The molecule has 7 nitrogen and oxygen atoms in total. The van der Waals surface area contributed by atoms with Crippen LogP contribution < -0.4 is 0 Å². The maximum Gasteiger partial charge on any atom is 0.318 e. The third-order valence-corrected chi connectivity index (χ3v) is 8.55. The monoisotopic (exact) mass is 494 g/mol. The van der Waals surface area contributed by atoms with E-state index in [1.54, 1.807) is 18.2 Å². The second-order valence-corrected chi connectivity index (χ2v) is 11.6. The van der Waals surface area contributed by atoms with Gasteiger partial charge in [-0.3, -0.25) is 9.59 Å². The van der Waals surface area contributed by atoms with Gasteiger partial charge in [-0.25, -0.2) is 13.4 Å². The van der Waals surface area contributed by atoms with Crippen molar-refractivity contribution in [2.75, 3.05) is 0 Å². The molecule has 1 aromatic carbocycles. The lowest BCUT2D eigenvalue weighted by molar-refractivity contribution is -0.154. The van der Waals surface area contributed by atoms with E-state index in [1.165, 1.54) is 18.3 Å². The summed E-state index contributed by atoms with van der Waals surface area (Å²) >= 11 is 0. The highest BCUT2D eigenvalue weighted by Gasteiger charge is 2.58. The Morgan fingerprint density at radius 3 is 2.43 bits per heavy atom. The molecule has 2 aromatic rings. The number of nitrogens with zero attached hydrogens (tertiary/aromatic N) is 2. The Morgan fingerprint density at radius 2 is 1.86 bits per heavy atom. The van der Waals surface area contributed by atoms with Gasteiger partial charge in [-0.15, -0.1) is 0 Å². The number of carbonyl (C=O) groups excluding carboxylic acids is 2. The van der Waals surface area contributed by atoms with E-state index < -0.39 is 27.3 Å². The molecule has 2 unspecified atom stereocenters. The molecular formula is C27H30N2O5S. The minimum atomic E-state index is -3.74. The van der Waals surface area contributed by atoms with Gasteiger partial charge in [-0.1, -0.05) is 51.0 Å². The number of carbonyl (C=O) groups is 2. The van der Waals surface area contributed by atoms with Crippen molar-refractivity contribution in [3.05, 3.63) is 59.3 Å². The number of ketones is 1. The predicted molar refractivity (Wildman–Crippen MR) is 129 cm³/mol. The smallest absolute Gasteiger partial charge is 0.318 e. The van der Waals surface area contributed by atoms with Crippen LogP contribution in [-0.4, -0.2) is 30.8 Å². The number of hydrogen-bond acceptors (Lipinski definition) is 7. The van der Waals surface area contributed by atoms with Gasteiger partial charge in [0.15, 0.2) is 26.2 Å². The number of ether oxygens (including phenoxy) is 1. The van der Waals surface area contributed by atoms with E-state index in [9.17, 15) is 18.0 Å². The molecule has 1 saturated heterocycles. The van der Waals surface area contributed by atoms with E-state index in [0.717, 1.165) is 31.2 Å². The van der Waals surface area contributed by atoms with Crippen molar-refractivity contribution in [3.8, 4) is 6.07 Å². The minimum absolute atomic E-state index is 0.0980. The number of nitriles is 1. The van der Waals surface area contributed by atoms with Crippen molar-refractivity contribution in [1.29, 1.82) is 5.26 Å². The van der Waals surface area contributed by atoms with Gasteiger partial charge in [0, 0.05) is 12.1 Å². The van der Waals surface area contributed by atoms with Crippen molar-refractivity contribution >= 4 is 21.6 Å². The molecule has 1 aliphatic heterocycles. The van der Waals surface area contributed by atoms with Gasteiger partial charge in [0.25, 0.3) is 0 Å². The van der Waals surface area contributed by atoms with Gasteiger partial charge in [0.2, 0.25) is 0 Å². The molecular weight excluding hydrogens is 464 g/mol. The van der Waals surface area contributed by atoms with Gasteiger partial charge in [-0.05, 0) is 54.9 Å². The van der Waals surface area contributed by atoms with Gasteiger partial charge >= 0.3 is 5.97 Å². The van der Waals surface area contributed by atoms with E-state index >= 15 is 0 Å². The SMILES string of the molecule is CCCC1(CCC)OC(=O)C(C(c2cccc(CS(=O)(=O)c3ccc(C#N)cn3)c2)C2CC2)C1=O. The summed E-state index contributed by atoms with van der Waals surface area (Å²) in [5.41, 5.74) is 0.604. The average molecular weight is 495 g/mol. The van der Waals surface area contributed by atoms with Crippen LogP contribution in [0.2, 0.25) is 0 Å². The standard InChI is InChI=1S/C27H30N2O5S/c1-3-12-27(13-4-2)25(30)24(26(31)34-27)23(20-9-10-20)21-7-5-6-18(14-21)17-35(32,33)22-11-8-19(15-28)16-29-22/h5-8,11,14,16,20,23-24H,3-4,9-10,12-13,17H2,1-2H3. The molecule has 8 heteroatoms. The fourth-order valence-electron chi connectivity index (χ4n) is 5.29. The van der Waals surface area contributed by atoms with Crippen LogP contribution in [0.1, 0.15) is 75.0 Å². The Hall–Kier alpha value is -3.05. The minimum Gasteiger partial charge on any atom is -0.450 e. The summed E-state index contributed by atoms with van der Waals surface area (Å²) in [6, 6.07) is 11.9. The molecule has 0 radical (unpaired) electrons. The van der Waals surface area contributed by atoms with Crippen LogP contribution >= 0.6 is 0 Å². The molecule has 184 valence electrons. The van der Waals surface area contributed by atoms with Crippen LogP contribution in [0.4, 0.5) is 0 Å². The molecule has 4 rings (SSSR count). The van der Waals surface area contributed by atoms with Crippen molar-refractivity contribution in [1.82, 2.24) is 4.98 Å². The molecule has 2 atom stereocenters. The summed E-state index contributed by atoms with van der Waals surface area (Å²) in [7, 11) is -3.74. The van der Waals surface area contributed by atoms with Crippen LogP contribution in [0.25, 0.3) is 0 Å². The number of cyclic esters (lactones) is 1. The zero-order valence-electron chi connectivity index (χ0n) is 20.1. The largest absolute Gasteiger partial charge is 0.450 e. The molecule has 0 spiro atoms. The van der Waals surface area contributed by atoms with E-state index in [4.69, 9.17) is 10.00 Å². The number of rotatable bonds is 10. The van der Waals surface area contributed by atoms with E-state index in [0.29, 0.717) is 18.4 Å². The number of sulfone groups is 1. The molecule has 2 aliphatic rings. The molecule has 1 aliphatic carbocycles. The van der Waals surface area contributed by atoms with Crippen LogP contribution in [0.15, 0.2) is 47.6 Å². The summed E-state index contributed by atoms with van der Waals surface area (Å²) < 4.78 is 31.7. The fraction of sp³-hybridized carbons (Fsp3) is 0.481. The molecule has 2 fully saturated rings. The van der Waals surface area contributed by atoms with Crippen molar-refractivity contribution in [2.45, 2.75) is 74.7 Å². The average Bonchev–Trinajstić information content (AvgIpc) is 3.63. The van der Waals surface area contributed by atoms with Crippen LogP contribution in [-0.2, 0) is 29.9 Å². The van der Waals surface area contributed by atoms with E-state index in [2.05, 4.69) is 4.98 Å². The van der Waals surface area contributed by atoms with Gasteiger partial charge in [-0.2, -0.15) is 5.26 Å². The molecule has 35 heavy (non-hydrogen) atoms. The maximum atomic E-state index is 13.6. The molecule has 0 N–H and O–H groups in total. The fourth-order valence-corrected chi connectivity index (χ4v) is 6.55. The number of esters is 1. The van der Waals surface area contributed by atoms with E-state index in [-0.39, 0.29) is 34.0 Å². The lowest BCUT2D eigenvalue weighted by atomic mass is 9.75. The first-order chi connectivity index (χ1) is 16.7. The third kappa shape index (κ3) is 5.01. The van der Waals surface area contributed by atoms with Crippen LogP contribution in [0.3, 0.4) is 0 Å². The first-order valence-corrected chi connectivity index (χ1v) is 13.8. The Balaban J connectivity index is 1.63. The highest BCUT2D eigenvalue weighted by atomic mass is 32.2. The Kier molecular flexibility index (Phi) is 7.09. The summed E-state index contributed by atoms with van der Waals surface area (Å²) in [6.45, 7) is 3.97. The van der Waals surface area contributed by atoms with Gasteiger partial charge in [0.05, 0.1) is 11.3 Å². The lowest BCUT2D eigenvalue weighted by Gasteiger charge is -2.26. The van der Waals surface area contributed by atoms with Crippen LogP contribution in [0, 0.1) is 23.2 Å². The summed E-state index contributed by atoms with van der Waals surface area (Å²) in [4.78, 5) is 30.7. The molecule has 1 saturated carbocycles.